The molecule has 0 aliphatic rings. The van der Waals surface area contributed by atoms with Crippen molar-refractivity contribution in [3.8, 4) is 0 Å². The highest BCUT2D eigenvalue weighted by atomic mass is 15.1. The molecule has 0 atom stereocenters. The van der Waals surface area contributed by atoms with Crippen LogP contribution in [-0.4, -0.2) is 14.1 Å². The van der Waals surface area contributed by atoms with Gasteiger partial charge in [-0.2, -0.15) is 0 Å². The molecule has 0 radical (unpaired) electrons. The maximum atomic E-state index is 4.19. The Morgan fingerprint density at radius 2 is 1.12 bits per heavy atom. The van der Waals surface area contributed by atoms with E-state index in [2.05, 4.69) is 98.3 Å². The fraction of sp³-hybridized carbons (Fsp3) is 0.360. The Morgan fingerprint density at radius 1 is 0.692 bits per heavy atom. The molecule has 0 spiro atoms. The van der Waals surface area contributed by atoms with E-state index < -0.39 is 0 Å². The third-order valence-corrected chi connectivity index (χ3v) is 5.81. The van der Waals surface area contributed by atoms with Crippen molar-refractivity contribution in [2.45, 2.75) is 48.5 Å². The summed E-state index contributed by atoms with van der Waals surface area (Å²) in [7, 11) is 4.15. The lowest BCUT2D eigenvalue weighted by Gasteiger charge is -2.23. The van der Waals surface area contributed by atoms with Gasteiger partial charge in [-0.05, 0) is 111 Å². The average Bonchev–Trinajstić information content (AvgIpc) is 2.59. The molecule has 0 amide bonds. The van der Waals surface area contributed by atoms with E-state index in [0.29, 0.717) is 0 Å². The second-order valence-electron chi connectivity index (χ2n) is 7.72. The summed E-state index contributed by atoms with van der Waals surface area (Å²) >= 11 is 0. The maximum Gasteiger partial charge on any atom is 0.0361 e. The maximum absolute atomic E-state index is 4.19. The minimum absolute atomic E-state index is 1.15. The molecule has 1 heteroatoms. The van der Waals surface area contributed by atoms with Crippen molar-refractivity contribution in [1.82, 2.24) is 0 Å². The number of hydrogen-bond donors (Lipinski definition) is 0. The second-order valence-corrected chi connectivity index (χ2v) is 7.72. The lowest BCUT2D eigenvalue weighted by atomic mass is 9.82. The molecule has 0 saturated heterocycles. The van der Waals surface area contributed by atoms with Gasteiger partial charge < -0.3 is 4.90 Å². The van der Waals surface area contributed by atoms with Crippen molar-refractivity contribution in [2.75, 3.05) is 19.0 Å². The van der Waals surface area contributed by atoms with E-state index in [1.807, 2.05) is 0 Å². The van der Waals surface area contributed by atoms with E-state index in [4.69, 9.17) is 0 Å². The number of benzene rings is 2. The quantitative estimate of drug-likeness (QED) is 0.540. The summed E-state index contributed by atoms with van der Waals surface area (Å²) in [4.78, 5) is 2.13. The van der Waals surface area contributed by atoms with Gasteiger partial charge >= 0.3 is 0 Å². The van der Waals surface area contributed by atoms with E-state index in [1.54, 1.807) is 0 Å². The monoisotopic (exact) mass is 347 g/mol. The zero-order chi connectivity index (χ0) is 19.8. The van der Waals surface area contributed by atoms with Crippen LogP contribution in [0.3, 0.4) is 0 Å². The molecule has 26 heavy (non-hydrogen) atoms. The van der Waals surface area contributed by atoms with Crippen LogP contribution in [0.25, 0.3) is 16.7 Å². The molecule has 2 rings (SSSR count). The van der Waals surface area contributed by atoms with Crippen LogP contribution in [0.4, 0.5) is 5.69 Å². The summed E-state index contributed by atoms with van der Waals surface area (Å²) in [5.41, 5.74) is 14.5. The molecule has 0 saturated carbocycles. The van der Waals surface area contributed by atoms with Gasteiger partial charge in [-0.15, -0.1) is 0 Å². The van der Waals surface area contributed by atoms with Crippen LogP contribution in [0.5, 0.6) is 0 Å². The summed E-state index contributed by atoms with van der Waals surface area (Å²) < 4.78 is 0. The highest BCUT2D eigenvalue weighted by Gasteiger charge is 2.17. The number of allylic oxidation sites excluding steroid dienone is 3. The van der Waals surface area contributed by atoms with Crippen molar-refractivity contribution in [2.24, 2.45) is 0 Å². The van der Waals surface area contributed by atoms with Crippen LogP contribution in [0, 0.1) is 27.7 Å². The van der Waals surface area contributed by atoms with E-state index in [-0.39, 0.29) is 0 Å². The van der Waals surface area contributed by atoms with Crippen molar-refractivity contribution in [3.63, 3.8) is 0 Å². The van der Waals surface area contributed by atoms with E-state index in [1.165, 1.54) is 55.8 Å². The molecule has 0 aromatic heterocycles. The van der Waals surface area contributed by atoms with Crippen molar-refractivity contribution >= 4 is 22.4 Å². The standard InChI is InChI=1S/C25H33N/c1-15(2)24-18(5)20(7)25(21(8)19(24)6)17(4)16(3)22-11-13-23(14-12-22)26(9)10/h11-14H,1H2,2-10H3/b17-16-. The van der Waals surface area contributed by atoms with Crippen molar-refractivity contribution < 1.29 is 0 Å². The van der Waals surface area contributed by atoms with Gasteiger partial charge in [0, 0.05) is 19.8 Å². The molecular formula is C25H33N. The fourth-order valence-corrected chi connectivity index (χ4v) is 3.93. The van der Waals surface area contributed by atoms with Gasteiger partial charge in [0.15, 0.2) is 0 Å². The minimum Gasteiger partial charge on any atom is -0.378 e. The van der Waals surface area contributed by atoms with Gasteiger partial charge in [-0.1, -0.05) is 24.3 Å². The number of anilines is 1. The van der Waals surface area contributed by atoms with Crippen molar-refractivity contribution in [1.29, 1.82) is 0 Å². The van der Waals surface area contributed by atoms with E-state index >= 15 is 0 Å². The van der Waals surface area contributed by atoms with Gasteiger partial charge in [0.25, 0.3) is 0 Å². The number of hydrogen-bond acceptors (Lipinski definition) is 1. The SMILES string of the molecule is C=C(C)c1c(C)c(C)c(/C(C)=C(/C)c2ccc(N(C)C)cc2)c(C)c1C. The summed E-state index contributed by atoms with van der Waals surface area (Å²) in [5, 5.41) is 0. The summed E-state index contributed by atoms with van der Waals surface area (Å²) in [6.07, 6.45) is 0. The molecule has 0 bridgehead atoms. The Balaban J connectivity index is 2.66. The van der Waals surface area contributed by atoms with Crippen molar-refractivity contribution in [3.05, 3.63) is 69.8 Å². The first-order valence-electron chi connectivity index (χ1n) is 9.29. The smallest absolute Gasteiger partial charge is 0.0361 e. The molecule has 0 unspecified atom stereocenters. The van der Waals surface area contributed by atoms with Crippen LogP contribution in [0.15, 0.2) is 30.8 Å². The highest BCUT2D eigenvalue weighted by molar-refractivity contribution is 5.92. The Labute approximate surface area is 160 Å². The van der Waals surface area contributed by atoms with Gasteiger partial charge in [0.1, 0.15) is 0 Å². The Hall–Kier alpha value is -2.28. The molecular weight excluding hydrogens is 314 g/mol. The average molecular weight is 348 g/mol. The Kier molecular flexibility index (Phi) is 5.81. The van der Waals surface area contributed by atoms with Crippen LogP contribution in [0.1, 0.15) is 59.7 Å². The van der Waals surface area contributed by atoms with Crippen LogP contribution < -0.4 is 4.90 Å². The molecule has 0 N–H and O–H groups in total. The molecule has 138 valence electrons. The van der Waals surface area contributed by atoms with Crippen LogP contribution in [-0.2, 0) is 0 Å². The summed E-state index contributed by atoms with van der Waals surface area (Å²) in [6, 6.07) is 8.82. The molecule has 0 aliphatic heterocycles. The fourth-order valence-electron chi connectivity index (χ4n) is 3.93. The van der Waals surface area contributed by atoms with Gasteiger partial charge in [-0.25, -0.2) is 0 Å². The molecule has 0 heterocycles. The van der Waals surface area contributed by atoms with E-state index in [0.717, 1.165) is 5.57 Å². The molecule has 0 aliphatic carbocycles. The molecule has 1 nitrogen and oxygen atoms in total. The first kappa shape index (κ1) is 20.0. The van der Waals surface area contributed by atoms with Gasteiger partial charge in [-0.3, -0.25) is 0 Å². The molecule has 2 aromatic rings. The zero-order valence-electron chi connectivity index (χ0n) is 18.0. The third-order valence-electron chi connectivity index (χ3n) is 5.81. The number of rotatable bonds is 4. The normalized spacial score (nSPS) is 12.0. The largest absolute Gasteiger partial charge is 0.378 e. The third kappa shape index (κ3) is 3.49. The van der Waals surface area contributed by atoms with Gasteiger partial charge in [0.2, 0.25) is 0 Å². The minimum atomic E-state index is 1.15. The molecule has 2 aromatic carbocycles. The lowest BCUT2D eigenvalue weighted by molar-refractivity contribution is 1.13. The Morgan fingerprint density at radius 3 is 1.50 bits per heavy atom. The predicted octanol–water partition coefficient (Wildman–Crippen LogP) is 6.97. The lowest BCUT2D eigenvalue weighted by Crippen LogP contribution is -2.08. The first-order valence-corrected chi connectivity index (χ1v) is 9.29. The molecule has 0 fully saturated rings. The van der Waals surface area contributed by atoms with E-state index in [9.17, 15) is 0 Å². The highest BCUT2D eigenvalue weighted by Crippen LogP contribution is 2.37. The summed E-state index contributed by atoms with van der Waals surface area (Å²) in [6.45, 7) is 19.7. The summed E-state index contributed by atoms with van der Waals surface area (Å²) in [5.74, 6) is 0. The first-order chi connectivity index (χ1) is 12.1. The van der Waals surface area contributed by atoms with Crippen LogP contribution >= 0.6 is 0 Å². The topological polar surface area (TPSA) is 3.24 Å². The van der Waals surface area contributed by atoms with Crippen LogP contribution in [0.2, 0.25) is 0 Å². The Bertz CT molecular complexity index is 848. The predicted molar refractivity (Wildman–Crippen MR) is 119 cm³/mol. The van der Waals surface area contributed by atoms with Gasteiger partial charge in [0.05, 0.1) is 0 Å². The zero-order valence-corrected chi connectivity index (χ0v) is 18.0. The number of nitrogens with zero attached hydrogens (tertiary/aromatic N) is 1. The second kappa shape index (κ2) is 7.53.